The summed E-state index contributed by atoms with van der Waals surface area (Å²) in [5.41, 5.74) is 1.94. The maximum absolute atomic E-state index is 12.4. The van der Waals surface area contributed by atoms with Crippen LogP contribution < -0.4 is 14.2 Å². The Morgan fingerprint density at radius 3 is 2.32 bits per heavy atom. The zero-order chi connectivity index (χ0) is 19.3. The molecule has 0 saturated carbocycles. The van der Waals surface area contributed by atoms with Crippen molar-refractivity contribution in [2.75, 3.05) is 6.79 Å². The Kier molecular flexibility index (Phi) is 4.89. The minimum atomic E-state index is -0.514. The number of hydrogen-bond acceptors (Lipinski definition) is 5. The molecular formula is C23H16O5. The quantitative estimate of drug-likeness (QED) is 0.290. The fraction of sp³-hybridized carbons (Fsp3) is 0.0435. The van der Waals surface area contributed by atoms with Crippen molar-refractivity contribution in [3.63, 3.8) is 0 Å². The van der Waals surface area contributed by atoms with E-state index in [1.54, 1.807) is 54.6 Å². The van der Waals surface area contributed by atoms with E-state index in [0.29, 0.717) is 28.4 Å². The van der Waals surface area contributed by atoms with Crippen molar-refractivity contribution >= 4 is 17.8 Å². The van der Waals surface area contributed by atoms with Gasteiger partial charge in [0.15, 0.2) is 17.3 Å². The van der Waals surface area contributed by atoms with E-state index in [1.165, 1.54) is 6.08 Å². The Morgan fingerprint density at radius 1 is 0.821 bits per heavy atom. The molecule has 0 atom stereocenters. The molecule has 0 amide bonds. The number of esters is 1. The van der Waals surface area contributed by atoms with Crippen LogP contribution in [0.15, 0.2) is 78.9 Å². The second-order valence-electron chi connectivity index (χ2n) is 6.09. The van der Waals surface area contributed by atoms with Crippen LogP contribution in [0.5, 0.6) is 17.2 Å². The molecule has 0 bridgehead atoms. The Morgan fingerprint density at radius 2 is 1.54 bits per heavy atom. The van der Waals surface area contributed by atoms with Gasteiger partial charge in [0.2, 0.25) is 6.79 Å². The second kappa shape index (κ2) is 7.80. The van der Waals surface area contributed by atoms with Crippen molar-refractivity contribution < 1.29 is 23.8 Å². The van der Waals surface area contributed by atoms with E-state index in [2.05, 4.69) is 0 Å². The lowest BCUT2D eigenvalue weighted by Gasteiger charge is -2.04. The standard InChI is InChI=1S/C23H16O5/c24-22(13-7-16-6-12-20-21(14-16)27-15-26-20)28-19-10-8-18(9-11-19)23(25)17-4-2-1-3-5-17/h1-14H,15H2. The van der Waals surface area contributed by atoms with Gasteiger partial charge in [-0.25, -0.2) is 4.79 Å². The van der Waals surface area contributed by atoms with Gasteiger partial charge < -0.3 is 14.2 Å². The van der Waals surface area contributed by atoms with Crippen molar-refractivity contribution in [2.45, 2.75) is 0 Å². The van der Waals surface area contributed by atoms with Crippen LogP contribution in [0, 0.1) is 0 Å². The molecule has 0 aliphatic carbocycles. The molecule has 0 aromatic heterocycles. The first-order valence-corrected chi connectivity index (χ1v) is 8.68. The van der Waals surface area contributed by atoms with Crippen LogP contribution in [0.2, 0.25) is 0 Å². The van der Waals surface area contributed by atoms with Crippen LogP contribution in [-0.4, -0.2) is 18.5 Å². The zero-order valence-corrected chi connectivity index (χ0v) is 14.8. The summed E-state index contributed by atoms with van der Waals surface area (Å²) in [4.78, 5) is 24.4. The molecule has 5 nitrogen and oxygen atoms in total. The minimum absolute atomic E-state index is 0.0822. The van der Waals surface area contributed by atoms with E-state index in [4.69, 9.17) is 14.2 Å². The maximum Gasteiger partial charge on any atom is 0.336 e. The van der Waals surface area contributed by atoms with Gasteiger partial charge in [-0.15, -0.1) is 0 Å². The second-order valence-corrected chi connectivity index (χ2v) is 6.09. The van der Waals surface area contributed by atoms with E-state index in [1.807, 2.05) is 24.3 Å². The molecule has 28 heavy (non-hydrogen) atoms. The van der Waals surface area contributed by atoms with E-state index < -0.39 is 5.97 Å². The lowest BCUT2D eigenvalue weighted by Crippen LogP contribution is -2.05. The van der Waals surface area contributed by atoms with Gasteiger partial charge in [-0.2, -0.15) is 0 Å². The van der Waals surface area contributed by atoms with Gasteiger partial charge in [-0.1, -0.05) is 36.4 Å². The van der Waals surface area contributed by atoms with Gasteiger partial charge in [-0.05, 0) is 48.0 Å². The number of ketones is 1. The van der Waals surface area contributed by atoms with Crippen LogP contribution in [-0.2, 0) is 4.79 Å². The Balaban J connectivity index is 1.39. The lowest BCUT2D eigenvalue weighted by atomic mass is 10.0. The molecule has 1 aliphatic heterocycles. The van der Waals surface area contributed by atoms with Crippen LogP contribution in [0.25, 0.3) is 6.08 Å². The number of carbonyl (C=O) groups excluding carboxylic acids is 2. The predicted molar refractivity (Wildman–Crippen MR) is 104 cm³/mol. The molecule has 0 fully saturated rings. The summed E-state index contributed by atoms with van der Waals surface area (Å²) < 4.78 is 15.8. The molecule has 4 rings (SSSR count). The number of fused-ring (bicyclic) bond motifs is 1. The fourth-order valence-corrected chi connectivity index (χ4v) is 2.76. The van der Waals surface area contributed by atoms with Crippen LogP contribution in [0.1, 0.15) is 21.5 Å². The molecule has 3 aromatic rings. The van der Waals surface area contributed by atoms with E-state index >= 15 is 0 Å². The van der Waals surface area contributed by atoms with E-state index in [9.17, 15) is 9.59 Å². The molecule has 3 aromatic carbocycles. The molecule has 5 heteroatoms. The average molecular weight is 372 g/mol. The normalized spacial score (nSPS) is 12.1. The molecule has 1 heterocycles. The molecule has 0 unspecified atom stereocenters. The van der Waals surface area contributed by atoms with Gasteiger partial charge in [0.05, 0.1) is 0 Å². The predicted octanol–water partition coefficient (Wildman–Crippen LogP) is 4.27. The van der Waals surface area contributed by atoms with Crippen molar-refractivity contribution in [1.29, 1.82) is 0 Å². The van der Waals surface area contributed by atoms with Gasteiger partial charge in [-0.3, -0.25) is 4.79 Å². The highest BCUT2D eigenvalue weighted by Gasteiger charge is 2.12. The number of rotatable bonds is 5. The molecule has 0 radical (unpaired) electrons. The number of benzene rings is 3. The number of ether oxygens (including phenoxy) is 3. The molecule has 1 aliphatic rings. The largest absolute Gasteiger partial charge is 0.454 e. The van der Waals surface area contributed by atoms with Gasteiger partial charge in [0, 0.05) is 17.2 Å². The monoisotopic (exact) mass is 372 g/mol. The Hall–Kier alpha value is -3.86. The van der Waals surface area contributed by atoms with Gasteiger partial charge >= 0.3 is 5.97 Å². The van der Waals surface area contributed by atoms with E-state index in [-0.39, 0.29) is 12.6 Å². The molecular weight excluding hydrogens is 356 g/mol. The summed E-state index contributed by atoms with van der Waals surface area (Å²) in [6.45, 7) is 0.202. The van der Waals surface area contributed by atoms with Gasteiger partial charge in [0.25, 0.3) is 0 Å². The highest BCUT2D eigenvalue weighted by molar-refractivity contribution is 6.09. The van der Waals surface area contributed by atoms with Crippen molar-refractivity contribution in [3.8, 4) is 17.2 Å². The first kappa shape index (κ1) is 17.5. The van der Waals surface area contributed by atoms with Crippen LogP contribution in [0.3, 0.4) is 0 Å². The molecule has 0 N–H and O–H groups in total. The third-order valence-corrected chi connectivity index (χ3v) is 4.18. The lowest BCUT2D eigenvalue weighted by molar-refractivity contribution is -0.128. The summed E-state index contributed by atoms with van der Waals surface area (Å²) in [5, 5.41) is 0. The van der Waals surface area contributed by atoms with Crippen LogP contribution >= 0.6 is 0 Å². The summed E-state index contributed by atoms with van der Waals surface area (Å²) in [5.74, 6) is 1.10. The van der Waals surface area contributed by atoms with Gasteiger partial charge in [0.1, 0.15) is 5.75 Å². The third kappa shape index (κ3) is 3.94. The highest BCUT2D eigenvalue weighted by Crippen LogP contribution is 2.32. The van der Waals surface area contributed by atoms with Crippen molar-refractivity contribution in [3.05, 3.63) is 95.6 Å². The first-order chi connectivity index (χ1) is 13.7. The summed E-state index contributed by atoms with van der Waals surface area (Å²) >= 11 is 0. The minimum Gasteiger partial charge on any atom is -0.454 e. The number of carbonyl (C=O) groups is 2. The fourth-order valence-electron chi connectivity index (χ4n) is 2.76. The molecule has 0 saturated heterocycles. The smallest absolute Gasteiger partial charge is 0.336 e. The Bertz CT molecular complexity index is 1040. The van der Waals surface area contributed by atoms with Crippen molar-refractivity contribution in [2.24, 2.45) is 0 Å². The highest BCUT2D eigenvalue weighted by atomic mass is 16.7. The van der Waals surface area contributed by atoms with Crippen molar-refractivity contribution in [1.82, 2.24) is 0 Å². The zero-order valence-electron chi connectivity index (χ0n) is 14.8. The molecule has 0 spiro atoms. The molecule has 138 valence electrons. The topological polar surface area (TPSA) is 61.8 Å². The summed E-state index contributed by atoms with van der Waals surface area (Å²) in [7, 11) is 0. The summed E-state index contributed by atoms with van der Waals surface area (Å²) in [6, 6.07) is 20.9. The maximum atomic E-state index is 12.4. The summed E-state index contributed by atoms with van der Waals surface area (Å²) in [6.07, 6.45) is 2.97. The van der Waals surface area contributed by atoms with Crippen LogP contribution in [0.4, 0.5) is 0 Å². The number of hydrogen-bond donors (Lipinski definition) is 0. The first-order valence-electron chi connectivity index (χ1n) is 8.68. The average Bonchev–Trinajstić information content (AvgIpc) is 3.21. The Labute approximate surface area is 161 Å². The third-order valence-electron chi connectivity index (χ3n) is 4.18. The SMILES string of the molecule is O=C(C=Cc1ccc2c(c1)OCO2)Oc1ccc(C(=O)c2ccccc2)cc1. The van der Waals surface area contributed by atoms with E-state index in [0.717, 1.165) is 5.56 Å².